The van der Waals surface area contributed by atoms with Gasteiger partial charge in [-0.3, -0.25) is 4.79 Å². The molecule has 0 saturated carbocycles. The molecule has 6 heteroatoms. The second kappa shape index (κ2) is 8.82. The predicted molar refractivity (Wildman–Crippen MR) is 110 cm³/mol. The highest BCUT2D eigenvalue weighted by Crippen LogP contribution is 2.33. The van der Waals surface area contributed by atoms with E-state index in [1.165, 1.54) is 15.0 Å². The summed E-state index contributed by atoms with van der Waals surface area (Å²) >= 11 is 1.85. The van der Waals surface area contributed by atoms with Gasteiger partial charge in [-0.1, -0.05) is 6.92 Å². The number of piperidine rings is 1. The van der Waals surface area contributed by atoms with Gasteiger partial charge in [0.2, 0.25) is 5.91 Å². The van der Waals surface area contributed by atoms with Crippen molar-refractivity contribution in [3.63, 3.8) is 0 Å². The van der Waals surface area contributed by atoms with E-state index in [2.05, 4.69) is 53.3 Å². The molecule has 1 amide bonds. The van der Waals surface area contributed by atoms with Crippen molar-refractivity contribution in [2.24, 2.45) is 5.92 Å². The van der Waals surface area contributed by atoms with Crippen LogP contribution < -0.4 is 10.2 Å². The molecule has 1 aliphatic rings. The molecule has 2 aromatic heterocycles. The number of amides is 1. The first-order valence-electron chi connectivity index (χ1n) is 9.63. The lowest BCUT2D eigenvalue weighted by atomic mass is 9.97. The average Bonchev–Trinajstić information content (AvgIpc) is 3.08. The summed E-state index contributed by atoms with van der Waals surface area (Å²) in [6, 6.07) is 4.37. The van der Waals surface area contributed by atoms with Gasteiger partial charge in [-0.05, 0) is 58.5 Å². The third-order valence-electron chi connectivity index (χ3n) is 5.00. The molecule has 5 nitrogen and oxygen atoms in total. The minimum Gasteiger partial charge on any atom is -0.356 e. The van der Waals surface area contributed by atoms with Gasteiger partial charge in [0.05, 0.1) is 5.92 Å². The lowest BCUT2D eigenvalue weighted by Gasteiger charge is -2.33. The zero-order valence-electron chi connectivity index (χ0n) is 16.1. The lowest BCUT2D eigenvalue weighted by Crippen LogP contribution is -2.43. The van der Waals surface area contributed by atoms with E-state index in [-0.39, 0.29) is 11.8 Å². The molecule has 1 unspecified atom stereocenters. The van der Waals surface area contributed by atoms with Gasteiger partial charge < -0.3 is 15.1 Å². The minimum atomic E-state index is 0.0597. The topological polar surface area (TPSA) is 48.5 Å². The summed E-state index contributed by atoms with van der Waals surface area (Å²) in [7, 11) is 4.12. The molecule has 26 heavy (non-hydrogen) atoms. The van der Waals surface area contributed by atoms with Gasteiger partial charge in [0, 0.05) is 40.8 Å². The Morgan fingerprint density at radius 3 is 3.08 bits per heavy atom. The van der Waals surface area contributed by atoms with E-state index in [1.807, 2.05) is 17.5 Å². The number of aromatic nitrogens is 1. The Labute approximate surface area is 160 Å². The molecule has 0 aliphatic carbocycles. The highest BCUT2D eigenvalue weighted by molar-refractivity contribution is 7.19. The fourth-order valence-corrected chi connectivity index (χ4v) is 4.56. The summed E-state index contributed by atoms with van der Waals surface area (Å²) in [5.74, 6) is 1.30. The van der Waals surface area contributed by atoms with E-state index in [9.17, 15) is 4.79 Å². The number of carbonyl (C=O) groups excluding carboxylic acids is 1. The first-order valence-corrected chi connectivity index (χ1v) is 10.4. The molecular weight excluding hydrogens is 344 g/mol. The summed E-state index contributed by atoms with van der Waals surface area (Å²) in [6.07, 6.45) is 5.95. The monoisotopic (exact) mass is 374 g/mol. The number of nitrogens with one attached hydrogen (secondary N) is 1. The Bertz CT molecular complexity index is 742. The minimum absolute atomic E-state index is 0.0597. The van der Waals surface area contributed by atoms with E-state index in [0.29, 0.717) is 0 Å². The molecular formula is C20H30N4OS. The molecule has 3 rings (SSSR count). The number of aryl methyl sites for hydroxylation is 1. The number of hydrogen-bond acceptors (Lipinski definition) is 5. The molecule has 1 aliphatic heterocycles. The highest BCUT2D eigenvalue weighted by Gasteiger charge is 2.27. The fourth-order valence-electron chi connectivity index (χ4n) is 3.56. The molecule has 1 saturated heterocycles. The van der Waals surface area contributed by atoms with Crippen LogP contribution in [0.1, 0.15) is 31.1 Å². The number of hydrogen-bond donors (Lipinski definition) is 1. The number of carbonyl (C=O) groups is 1. The maximum atomic E-state index is 12.6. The second-order valence-electron chi connectivity index (χ2n) is 7.35. The van der Waals surface area contributed by atoms with Crippen LogP contribution >= 0.6 is 11.3 Å². The largest absolute Gasteiger partial charge is 0.356 e. The molecule has 0 bridgehead atoms. The van der Waals surface area contributed by atoms with Crippen LogP contribution in [0.3, 0.4) is 0 Å². The second-order valence-corrected chi connectivity index (χ2v) is 8.51. The van der Waals surface area contributed by atoms with E-state index in [1.54, 1.807) is 0 Å². The molecule has 1 fully saturated rings. The molecule has 1 N–H and O–H groups in total. The number of fused-ring (bicyclic) bond motifs is 1. The molecule has 0 aromatic carbocycles. The maximum absolute atomic E-state index is 12.6. The molecule has 1 atom stereocenters. The Balaban J connectivity index is 1.65. The van der Waals surface area contributed by atoms with Gasteiger partial charge in [-0.15, -0.1) is 11.3 Å². The molecule has 2 aromatic rings. The van der Waals surface area contributed by atoms with Gasteiger partial charge in [-0.2, -0.15) is 0 Å². The van der Waals surface area contributed by atoms with Gasteiger partial charge >= 0.3 is 0 Å². The summed E-state index contributed by atoms with van der Waals surface area (Å²) in [5.41, 5.74) is 0. The van der Waals surface area contributed by atoms with E-state index >= 15 is 0 Å². The van der Waals surface area contributed by atoms with Gasteiger partial charge in [0.25, 0.3) is 0 Å². The van der Waals surface area contributed by atoms with Crippen molar-refractivity contribution >= 4 is 33.1 Å². The third-order valence-corrected chi connectivity index (χ3v) is 6.24. The Kier molecular flexibility index (Phi) is 6.48. The number of nitrogens with zero attached hydrogens (tertiary/aromatic N) is 3. The van der Waals surface area contributed by atoms with Crippen molar-refractivity contribution in [3.8, 4) is 0 Å². The Morgan fingerprint density at radius 1 is 1.46 bits per heavy atom. The first kappa shape index (κ1) is 19.1. The SMILES string of the molecule is CCc1cc2c(N3CCCC(C(=O)NCCCN(C)C)C3)nccc2s1. The van der Waals surface area contributed by atoms with E-state index < -0.39 is 0 Å². The van der Waals surface area contributed by atoms with E-state index in [4.69, 9.17) is 0 Å². The summed E-state index contributed by atoms with van der Waals surface area (Å²) in [5, 5.41) is 4.36. The van der Waals surface area contributed by atoms with Crippen molar-refractivity contribution in [3.05, 3.63) is 23.2 Å². The average molecular weight is 375 g/mol. The van der Waals surface area contributed by atoms with Crippen LogP contribution in [0.5, 0.6) is 0 Å². The third kappa shape index (κ3) is 4.54. The maximum Gasteiger partial charge on any atom is 0.224 e. The van der Waals surface area contributed by atoms with Gasteiger partial charge in [0.1, 0.15) is 5.82 Å². The number of thiophene rings is 1. The van der Waals surface area contributed by atoms with Crippen LogP contribution in [-0.4, -0.2) is 56.1 Å². The van der Waals surface area contributed by atoms with Crippen LogP contribution in [-0.2, 0) is 11.2 Å². The predicted octanol–water partition coefficient (Wildman–Crippen LogP) is 3.14. The lowest BCUT2D eigenvalue weighted by molar-refractivity contribution is -0.125. The molecule has 0 spiro atoms. The summed E-state index contributed by atoms with van der Waals surface area (Å²) in [6.45, 7) is 5.69. The molecule has 3 heterocycles. The smallest absolute Gasteiger partial charge is 0.224 e. The zero-order chi connectivity index (χ0) is 18.5. The van der Waals surface area contributed by atoms with Gasteiger partial charge in [0.15, 0.2) is 0 Å². The number of pyridine rings is 1. The summed E-state index contributed by atoms with van der Waals surface area (Å²) in [4.78, 5) is 23.1. The van der Waals surface area contributed by atoms with Crippen molar-refractivity contribution in [2.75, 3.05) is 45.2 Å². The van der Waals surface area contributed by atoms with Gasteiger partial charge in [-0.25, -0.2) is 4.98 Å². The van der Waals surface area contributed by atoms with Crippen LogP contribution in [0.2, 0.25) is 0 Å². The molecule has 142 valence electrons. The Morgan fingerprint density at radius 2 is 2.31 bits per heavy atom. The van der Waals surface area contributed by atoms with Crippen molar-refractivity contribution < 1.29 is 4.79 Å². The van der Waals surface area contributed by atoms with Crippen LogP contribution in [0.25, 0.3) is 10.1 Å². The fraction of sp³-hybridized carbons (Fsp3) is 0.600. The van der Waals surface area contributed by atoms with E-state index in [0.717, 1.165) is 57.7 Å². The van der Waals surface area contributed by atoms with Crippen molar-refractivity contribution in [2.45, 2.75) is 32.6 Å². The summed E-state index contributed by atoms with van der Waals surface area (Å²) < 4.78 is 1.29. The first-order chi connectivity index (χ1) is 12.6. The van der Waals surface area contributed by atoms with Crippen LogP contribution in [0, 0.1) is 5.92 Å². The van der Waals surface area contributed by atoms with Crippen LogP contribution in [0.15, 0.2) is 18.3 Å². The standard InChI is InChI=1S/C20H30N4OS/c1-4-16-13-17-18(26-16)8-10-21-19(17)24-12-5-7-15(14-24)20(25)22-9-6-11-23(2)3/h8,10,13,15H,4-7,9,11-12,14H2,1-3H3,(H,22,25). The highest BCUT2D eigenvalue weighted by atomic mass is 32.1. The number of rotatable bonds is 7. The van der Waals surface area contributed by atoms with Crippen molar-refractivity contribution in [1.29, 1.82) is 0 Å². The Hall–Kier alpha value is -1.66. The number of anilines is 1. The van der Waals surface area contributed by atoms with Crippen LogP contribution in [0.4, 0.5) is 5.82 Å². The quantitative estimate of drug-likeness (QED) is 0.757. The molecule has 0 radical (unpaired) electrons. The normalized spacial score (nSPS) is 17.8. The zero-order valence-corrected chi connectivity index (χ0v) is 16.9. The van der Waals surface area contributed by atoms with Crippen molar-refractivity contribution in [1.82, 2.24) is 15.2 Å².